The van der Waals surface area contributed by atoms with E-state index < -0.39 is 0 Å². The van der Waals surface area contributed by atoms with E-state index in [4.69, 9.17) is 15.0 Å². The number of hydrogen-bond donors (Lipinski definition) is 3. The zero-order valence-corrected chi connectivity index (χ0v) is 30.3. The number of hydrogen-bond acceptors (Lipinski definition) is 7. The second-order valence-corrected chi connectivity index (χ2v) is 14.4. The van der Waals surface area contributed by atoms with Crippen LogP contribution in [0.15, 0.2) is 174 Å². The second kappa shape index (κ2) is 13.3. The Bertz CT molecular complexity index is 3050. The quantitative estimate of drug-likeness (QED) is 0.154. The summed E-state index contributed by atoms with van der Waals surface area (Å²) in [5, 5.41) is 15.8. The Labute approximate surface area is 323 Å². The van der Waals surface area contributed by atoms with Crippen LogP contribution >= 0.6 is 0 Å². The lowest BCUT2D eigenvalue weighted by Crippen LogP contribution is -2.35. The van der Waals surface area contributed by atoms with Gasteiger partial charge in [-0.2, -0.15) is 0 Å². The number of nitrogens with one attached hydrogen (secondary N) is 3. The number of aliphatic imine (C=N–C) groups is 1. The minimum atomic E-state index is -0.153. The van der Waals surface area contributed by atoms with Crippen molar-refractivity contribution in [2.24, 2.45) is 4.99 Å². The van der Waals surface area contributed by atoms with Crippen molar-refractivity contribution < 1.29 is 0 Å². The van der Waals surface area contributed by atoms with Crippen LogP contribution in [0.2, 0.25) is 0 Å². The molecule has 2 atom stereocenters. The zero-order chi connectivity index (χ0) is 37.0. The van der Waals surface area contributed by atoms with Crippen molar-refractivity contribution in [1.29, 1.82) is 0 Å². The number of rotatable bonds is 5. The van der Waals surface area contributed by atoms with Crippen molar-refractivity contribution >= 4 is 61.1 Å². The maximum absolute atomic E-state index is 5.31. The molecule has 3 aromatic heterocycles. The van der Waals surface area contributed by atoms with Crippen LogP contribution in [0.25, 0.3) is 77.3 Å². The van der Waals surface area contributed by atoms with Gasteiger partial charge >= 0.3 is 0 Å². The van der Waals surface area contributed by atoms with Crippen molar-refractivity contribution in [3.05, 3.63) is 186 Å². The van der Waals surface area contributed by atoms with E-state index in [0.717, 1.165) is 77.6 Å². The van der Waals surface area contributed by atoms with Crippen LogP contribution in [-0.2, 0) is 0 Å². The van der Waals surface area contributed by atoms with Gasteiger partial charge in [0.05, 0.1) is 52.7 Å². The SMILES string of the molecule is C1=CC2=CC=C(c3ccc4ccc(C5N=CNCN5)nc4c3)NC2C=C1c1ccc(-c2ccc3ccc4ccc(-c5ccccc5)nc4c3n2)c2ccccc12. The molecule has 5 aromatic carbocycles. The topological polar surface area (TPSA) is 87.1 Å². The van der Waals surface area contributed by atoms with E-state index in [1.807, 2.05) is 24.3 Å². The van der Waals surface area contributed by atoms with E-state index in [1.54, 1.807) is 6.34 Å². The van der Waals surface area contributed by atoms with E-state index in [-0.39, 0.29) is 12.2 Å². The van der Waals surface area contributed by atoms with E-state index >= 15 is 0 Å². The Morgan fingerprint density at radius 1 is 0.571 bits per heavy atom. The summed E-state index contributed by atoms with van der Waals surface area (Å²) in [6, 6.07) is 46.9. The number of pyridine rings is 3. The van der Waals surface area contributed by atoms with Crippen molar-refractivity contribution in [3.8, 4) is 22.5 Å². The molecular formula is C49H35N7. The number of aromatic nitrogens is 3. The number of allylic oxidation sites excluding steroid dienone is 4. The van der Waals surface area contributed by atoms with E-state index in [0.29, 0.717) is 6.67 Å². The molecule has 266 valence electrons. The fraction of sp³-hybridized carbons (Fsp3) is 0.0612. The number of benzene rings is 5. The monoisotopic (exact) mass is 721 g/mol. The van der Waals surface area contributed by atoms with Crippen LogP contribution in [0.4, 0.5) is 0 Å². The Morgan fingerprint density at radius 2 is 1.29 bits per heavy atom. The lowest BCUT2D eigenvalue weighted by Gasteiger charge is -2.27. The van der Waals surface area contributed by atoms with Crippen LogP contribution in [0.1, 0.15) is 23.0 Å². The van der Waals surface area contributed by atoms with Crippen LogP contribution in [0.3, 0.4) is 0 Å². The third kappa shape index (κ3) is 5.65. The van der Waals surface area contributed by atoms with Crippen LogP contribution in [0, 0.1) is 0 Å². The van der Waals surface area contributed by atoms with Gasteiger partial charge in [0.1, 0.15) is 6.17 Å². The molecule has 2 aliphatic heterocycles. The van der Waals surface area contributed by atoms with Crippen LogP contribution in [0.5, 0.6) is 0 Å². The Kier molecular flexibility index (Phi) is 7.64. The first-order valence-electron chi connectivity index (χ1n) is 19.0. The van der Waals surface area contributed by atoms with Crippen molar-refractivity contribution in [1.82, 2.24) is 30.9 Å². The lowest BCUT2D eigenvalue weighted by molar-refractivity contribution is 0.514. The highest BCUT2D eigenvalue weighted by atomic mass is 15.2. The summed E-state index contributed by atoms with van der Waals surface area (Å²) in [5.41, 5.74) is 13.5. The maximum atomic E-state index is 5.31. The first-order valence-corrected chi connectivity index (χ1v) is 19.0. The number of nitrogens with zero attached hydrogens (tertiary/aromatic N) is 4. The lowest BCUT2D eigenvalue weighted by atomic mass is 9.87. The number of fused-ring (bicyclic) bond motifs is 6. The molecule has 1 aliphatic carbocycles. The molecule has 56 heavy (non-hydrogen) atoms. The zero-order valence-electron chi connectivity index (χ0n) is 30.3. The summed E-state index contributed by atoms with van der Waals surface area (Å²) < 4.78 is 0. The van der Waals surface area contributed by atoms with Gasteiger partial charge in [0, 0.05) is 33.0 Å². The van der Waals surface area contributed by atoms with E-state index in [1.165, 1.54) is 22.1 Å². The third-order valence-electron chi connectivity index (χ3n) is 11.0. The predicted molar refractivity (Wildman–Crippen MR) is 230 cm³/mol. The Hall–Kier alpha value is -7.22. The van der Waals surface area contributed by atoms with Gasteiger partial charge in [-0.15, -0.1) is 0 Å². The van der Waals surface area contributed by atoms with Gasteiger partial charge in [-0.25, -0.2) is 15.0 Å². The molecule has 0 saturated carbocycles. The van der Waals surface area contributed by atoms with Gasteiger partial charge in [-0.1, -0.05) is 133 Å². The molecule has 0 saturated heterocycles. The highest BCUT2D eigenvalue weighted by molar-refractivity contribution is 6.07. The van der Waals surface area contributed by atoms with Gasteiger partial charge in [0.15, 0.2) is 0 Å². The van der Waals surface area contributed by atoms with Gasteiger partial charge in [0.25, 0.3) is 0 Å². The van der Waals surface area contributed by atoms with Crippen molar-refractivity contribution in [3.63, 3.8) is 0 Å². The molecular weight excluding hydrogens is 687 g/mol. The maximum Gasteiger partial charge on any atom is 0.145 e. The molecule has 11 rings (SSSR count). The normalized spacial score (nSPS) is 17.6. The largest absolute Gasteiger partial charge is 0.374 e. The molecule has 5 heterocycles. The molecule has 8 aromatic rings. The Balaban J connectivity index is 0.927. The molecule has 0 spiro atoms. The molecule has 0 amide bonds. The van der Waals surface area contributed by atoms with E-state index in [9.17, 15) is 0 Å². The van der Waals surface area contributed by atoms with Gasteiger partial charge < -0.3 is 10.6 Å². The van der Waals surface area contributed by atoms with E-state index in [2.05, 4.69) is 161 Å². The van der Waals surface area contributed by atoms with Gasteiger partial charge in [-0.3, -0.25) is 10.3 Å². The highest BCUT2D eigenvalue weighted by Gasteiger charge is 2.22. The minimum Gasteiger partial charge on any atom is -0.374 e. The molecule has 2 unspecified atom stereocenters. The molecule has 0 fully saturated rings. The molecule has 7 nitrogen and oxygen atoms in total. The molecule has 0 radical (unpaired) electrons. The predicted octanol–water partition coefficient (Wildman–Crippen LogP) is 9.89. The number of dihydropyridines is 1. The fourth-order valence-corrected chi connectivity index (χ4v) is 8.14. The van der Waals surface area contributed by atoms with Crippen LogP contribution in [-0.4, -0.2) is 34.0 Å². The molecule has 0 bridgehead atoms. The first-order chi connectivity index (χ1) is 27.7. The summed E-state index contributed by atoms with van der Waals surface area (Å²) in [7, 11) is 0. The molecule has 3 aliphatic rings. The molecule has 7 heteroatoms. The summed E-state index contributed by atoms with van der Waals surface area (Å²) in [5.74, 6) is 0. The van der Waals surface area contributed by atoms with Gasteiger partial charge in [-0.05, 0) is 63.4 Å². The fourth-order valence-electron chi connectivity index (χ4n) is 8.14. The van der Waals surface area contributed by atoms with Crippen molar-refractivity contribution in [2.75, 3.05) is 6.67 Å². The summed E-state index contributed by atoms with van der Waals surface area (Å²) in [6.07, 6.45) is 12.8. The summed E-state index contributed by atoms with van der Waals surface area (Å²) >= 11 is 0. The summed E-state index contributed by atoms with van der Waals surface area (Å²) in [4.78, 5) is 19.9. The average molecular weight is 722 g/mol. The van der Waals surface area contributed by atoms with Crippen LogP contribution < -0.4 is 16.0 Å². The minimum absolute atomic E-state index is 0.0282. The average Bonchev–Trinajstić information content (AvgIpc) is 3.28. The smallest absolute Gasteiger partial charge is 0.145 e. The van der Waals surface area contributed by atoms with Crippen molar-refractivity contribution in [2.45, 2.75) is 12.2 Å². The van der Waals surface area contributed by atoms with Gasteiger partial charge in [0.2, 0.25) is 0 Å². The highest BCUT2D eigenvalue weighted by Crippen LogP contribution is 2.37. The standard InChI is InChI=1S/C49H35N7/c1-2-6-30(7-3-1)41-23-18-33-12-13-34-19-24-43(56-48(34)47(33)55-41)40-21-20-37(38-8-4-5-9-39(38)40)35-14-10-31-16-22-42(53-45(31)26-35)36-15-11-32-17-25-44(54-46(32)27-36)49-51-28-50-29-52-49/h1-28,45,49,52-53H,29H2,(H,50,51). The summed E-state index contributed by atoms with van der Waals surface area (Å²) in [6.45, 7) is 0.665. The Morgan fingerprint density at radius 3 is 2.11 bits per heavy atom. The third-order valence-corrected chi connectivity index (χ3v) is 11.0. The first kappa shape index (κ1) is 32.2. The molecule has 3 N–H and O–H groups in total. The second-order valence-electron chi connectivity index (χ2n) is 14.4.